The molecule has 0 amide bonds. The fraction of sp³-hybridized carbons (Fsp3) is 0.643. The third-order valence-electron chi connectivity index (χ3n) is 8.25. The van der Waals surface area contributed by atoms with E-state index in [1.54, 1.807) is 0 Å². The molecule has 0 radical (unpaired) electrons. The second-order valence-electron chi connectivity index (χ2n) is 10.7. The molecule has 1 N–H and O–H groups in total. The van der Waals surface area contributed by atoms with Gasteiger partial charge in [-0.1, -0.05) is 44.7 Å². The number of ether oxygens (including phenoxy) is 1. The van der Waals surface area contributed by atoms with Crippen LogP contribution in [0.4, 0.5) is 0 Å². The molecule has 2 atom stereocenters. The fourth-order valence-electron chi connectivity index (χ4n) is 6.07. The highest BCUT2D eigenvalue weighted by molar-refractivity contribution is 5.83. The molecular formula is C28H40N6O2. The molecular weight excluding hydrogens is 452 g/mol. The number of nitrogens with zero attached hydrogens (tertiary/aromatic N) is 5. The molecule has 3 aromatic rings. The van der Waals surface area contributed by atoms with E-state index in [0.29, 0.717) is 19.1 Å². The Morgan fingerprint density at radius 3 is 2.75 bits per heavy atom. The minimum Gasteiger partial charge on any atom is -0.376 e. The van der Waals surface area contributed by atoms with Crippen LogP contribution in [-0.2, 0) is 17.8 Å². The first-order valence-electron chi connectivity index (χ1n) is 13.8. The van der Waals surface area contributed by atoms with Gasteiger partial charge in [0.05, 0.1) is 24.2 Å². The number of fused-ring (bicyclic) bond motifs is 1. The maximum atomic E-state index is 13.3. The lowest BCUT2D eigenvalue weighted by Crippen LogP contribution is -2.41. The van der Waals surface area contributed by atoms with Crippen LogP contribution in [0.5, 0.6) is 0 Å². The van der Waals surface area contributed by atoms with Crippen LogP contribution in [0, 0.1) is 13.8 Å². The number of aromatic amines is 1. The summed E-state index contributed by atoms with van der Waals surface area (Å²) in [5.41, 5.74) is 4.09. The van der Waals surface area contributed by atoms with Crippen molar-refractivity contribution in [3.8, 4) is 0 Å². The molecule has 36 heavy (non-hydrogen) atoms. The maximum Gasteiger partial charge on any atom is 0.252 e. The number of pyridine rings is 1. The van der Waals surface area contributed by atoms with Crippen LogP contribution in [-0.4, -0.2) is 48.8 Å². The minimum absolute atomic E-state index is 0.00575. The Bertz CT molecular complexity index is 1220. The van der Waals surface area contributed by atoms with Gasteiger partial charge in [-0.2, -0.15) is 0 Å². The zero-order valence-electron chi connectivity index (χ0n) is 22.0. The van der Waals surface area contributed by atoms with Gasteiger partial charge in [0.25, 0.3) is 5.56 Å². The summed E-state index contributed by atoms with van der Waals surface area (Å²) in [5, 5.41) is 14.1. The van der Waals surface area contributed by atoms with Gasteiger partial charge in [0.2, 0.25) is 0 Å². The van der Waals surface area contributed by atoms with Crippen LogP contribution in [0.15, 0.2) is 23.0 Å². The van der Waals surface area contributed by atoms with Crippen molar-refractivity contribution in [3.63, 3.8) is 0 Å². The average Bonchev–Trinajstić information content (AvgIpc) is 3.58. The SMILES string of the molecule is CCCC(c1nnnn1CC1CCCO1)N(Cc1cc2ccc(C)c(C)c2[nH]c1=O)C1CCCCC1. The second-order valence-corrected chi connectivity index (χ2v) is 10.7. The van der Waals surface area contributed by atoms with Gasteiger partial charge in [-0.3, -0.25) is 9.69 Å². The number of aromatic nitrogens is 5. The zero-order valence-corrected chi connectivity index (χ0v) is 22.0. The average molecular weight is 493 g/mol. The maximum absolute atomic E-state index is 13.3. The van der Waals surface area contributed by atoms with Crippen molar-refractivity contribution in [3.05, 3.63) is 51.1 Å². The summed E-state index contributed by atoms with van der Waals surface area (Å²) < 4.78 is 7.85. The molecule has 2 unspecified atom stereocenters. The Kier molecular flexibility index (Phi) is 7.82. The first-order valence-corrected chi connectivity index (χ1v) is 13.8. The molecule has 5 rings (SSSR count). The summed E-state index contributed by atoms with van der Waals surface area (Å²) >= 11 is 0. The summed E-state index contributed by atoms with van der Waals surface area (Å²) in [4.78, 5) is 19.1. The number of hydrogen-bond acceptors (Lipinski definition) is 6. The molecule has 1 aromatic carbocycles. The van der Waals surface area contributed by atoms with E-state index in [1.807, 2.05) is 4.68 Å². The van der Waals surface area contributed by atoms with E-state index in [0.717, 1.165) is 73.0 Å². The van der Waals surface area contributed by atoms with Crippen molar-refractivity contribution in [2.24, 2.45) is 0 Å². The predicted octanol–water partition coefficient (Wildman–Crippen LogP) is 4.99. The summed E-state index contributed by atoms with van der Waals surface area (Å²) in [6.45, 7) is 8.48. The molecule has 3 heterocycles. The summed E-state index contributed by atoms with van der Waals surface area (Å²) in [6.07, 6.45) is 10.3. The first-order chi connectivity index (χ1) is 17.5. The highest BCUT2D eigenvalue weighted by atomic mass is 16.5. The minimum atomic E-state index is 0.00575. The number of benzene rings is 1. The molecule has 2 aromatic heterocycles. The van der Waals surface area contributed by atoms with Gasteiger partial charge in [-0.05, 0) is 79.0 Å². The molecule has 8 heteroatoms. The van der Waals surface area contributed by atoms with Gasteiger partial charge in [-0.25, -0.2) is 4.68 Å². The lowest BCUT2D eigenvalue weighted by atomic mass is 9.91. The summed E-state index contributed by atoms with van der Waals surface area (Å²) in [5.74, 6) is 0.904. The molecule has 0 spiro atoms. The Morgan fingerprint density at radius 2 is 2.00 bits per heavy atom. The lowest BCUT2D eigenvalue weighted by Gasteiger charge is -2.39. The van der Waals surface area contributed by atoms with Crippen LogP contribution in [0.25, 0.3) is 10.9 Å². The van der Waals surface area contributed by atoms with Gasteiger partial charge in [-0.15, -0.1) is 5.10 Å². The van der Waals surface area contributed by atoms with E-state index < -0.39 is 0 Å². The van der Waals surface area contributed by atoms with Crippen molar-refractivity contribution < 1.29 is 4.74 Å². The highest BCUT2D eigenvalue weighted by Crippen LogP contribution is 2.34. The molecule has 2 aliphatic rings. The van der Waals surface area contributed by atoms with Gasteiger partial charge in [0.1, 0.15) is 0 Å². The number of rotatable bonds is 9. The molecule has 1 saturated carbocycles. The van der Waals surface area contributed by atoms with Crippen molar-refractivity contribution in [2.75, 3.05) is 6.61 Å². The molecule has 194 valence electrons. The molecule has 1 aliphatic heterocycles. The van der Waals surface area contributed by atoms with Gasteiger partial charge in [0.15, 0.2) is 5.82 Å². The third kappa shape index (κ3) is 5.25. The molecule has 0 bridgehead atoms. The standard InChI is InChI=1S/C28H40N6O2/c1-4-9-25(27-30-31-32-34(27)18-24-12-8-15-36-24)33(23-10-6-5-7-11-23)17-22-16-21-14-13-19(2)20(3)26(21)29-28(22)35/h13-14,16,23-25H,4-12,15,17-18H2,1-3H3,(H,29,35). The fourth-order valence-corrected chi connectivity index (χ4v) is 6.07. The molecule has 1 aliphatic carbocycles. The molecule has 1 saturated heterocycles. The van der Waals surface area contributed by atoms with E-state index in [-0.39, 0.29) is 17.7 Å². The van der Waals surface area contributed by atoms with E-state index in [4.69, 9.17) is 4.74 Å². The van der Waals surface area contributed by atoms with E-state index in [1.165, 1.54) is 24.8 Å². The summed E-state index contributed by atoms with van der Waals surface area (Å²) in [6, 6.07) is 6.82. The normalized spacial score (nSPS) is 19.9. The Labute approximate surface area is 213 Å². The second kappa shape index (κ2) is 11.2. The molecule has 8 nitrogen and oxygen atoms in total. The van der Waals surface area contributed by atoms with Gasteiger partial charge >= 0.3 is 0 Å². The van der Waals surface area contributed by atoms with Crippen LogP contribution in [0.2, 0.25) is 0 Å². The first kappa shape index (κ1) is 25.1. The third-order valence-corrected chi connectivity index (χ3v) is 8.25. The van der Waals surface area contributed by atoms with Gasteiger partial charge in [0, 0.05) is 24.8 Å². The highest BCUT2D eigenvalue weighted by Gasteiger charge is 2.33. The van der Waals surface area contributed by atoms with Crippen molar-refractivity contribution in [1.29, 1.82) is 0 Å². The zero-order chi connectivity index (χ0) is 25.1. The smallest absolute Gasteiger partial charge is 0.252 e. The van der Waals surface area contributed by atoms with E-state index in [2.05, 4.69) is 64.4 Å². The largest absolute Gasteiger partial charge is 0.376 e. The molecule has 2 fully saturated rings. The Balaban J connectivity index is 1.51. The summed E-state index contributed by atoms with van der Waals surface area (Å²) in [7, 11) is 0. The van der Waals surface area contributed by atoms with Crippen LogP contribution < -0.4 is 5.56 Å². The van der Waals surface area contributed by atoms with Crippen molar-refractivity contribution in [2.45, 2.75) is 110 Å². The van der Waals surface area contributed by atoms with Gasteiger partial charge < -0.3 is 9.72 Å². The van der Waals surface area contributed by atoms with Crippen molar-refractivity contribution in [1.82, 2.24) is 30.1 Å². The predicted molar refractivity (Wildman–Crippen MR) is 141 cm³/mol. The Morgan fingerprint density at radius 1 is 1.17 bits per heavy atom. The van der Waals surface area contributed by atoms with Crippen LogP contribution >= 0.6 is 0 Å². The topological polar surface area (TPSA) is 88.9 Å². The van der Waals surface area contributed by atoms with Crippen molar-refractivity contribution >= 4 is 10.9 Å². The number of aryl methyl sites for hydroxylation is 2. The van der Waals surface area contributed by atoms with E-state index >= 15 is 0 Å². The number of hydrogen-bond donors (Lipinski definition) is 1. The van der Waals surface area contributed by atoms with E-state index in [9.17, 15) is 4.79 Å². The number of nitrogens with one attached hydrogen (secondary N) is 1. The van der Waals surface area contributed by atoms with Crippen LogP contribution in [0.1, 0.15) is 93.3 Å². The number of tetrazole rings is 1. The lowest BCUT2D eigenvalue weighted by molar-refractivity contribution is 0.0713. The quantitative estimate of drug-likeness (QED) is 0.453. The monoisotopic (exact) mass is 492 g/mol. The Hall–Kier alpha value is -2.58. The van der Waals surface area contributed by atoms with Crippen LogP contribution in [0.3, 0.4) is 0 Å². The number of H-pyrrole nitrogens is 1.